The highest BCUT2D eigenvalue weighted by atomic mass is 32.2. The van der Waals surface area contributed by atoms with Gasteiger partial charge in [0.15, 0.2) is 5.82 Å². The van der Waals surface area contributed by atoms with Gasteiger partial charge < -0.3 is 9.80 Å². The van der Waals surface area contributed by atoms with Crippen LogP contribution in [0, 0.1) is 0 Å². The van der Waals surface area contributed by atoms with Gasteiger partial charge in [0, 0.05) is 50.7 Å². The maximum absolute atomic E-state index is 13.0. The number of sulfonamides is 1. The van der Waals surface area contributed by atoms with Gasteiger partial charge in [-0.05, 0) is 58.4 Å². The minimum Gasteiger partial charge on any atom is -0.355 e. The zero-order valence-electron chi connectivity index (χ0n) is 17.6. The normalized spacial score (nSPS) is 16.0. The van der Waals surface area contributed by atoms with Gasteiger partial charge in [0.1, 0.15) is 10.7 Å². The van der Waals surface area contributed by atoms with E-state index in [0.29, 0.717) is 0 Å². The van der Waals surface area contributed by atoms with Crippen LogP contribution in [0.4, 0.5) is 11.6 Å². The van der Waals surface area contributed by atoms with Crippen LogP contribution < -0.4 is 9.80 Å². The Labute approximate surface area is 173 Å². The van der Waals surface area contributed by atoms with Crippen LogP contribution in [0.2, 0.25) is 0 Å². The van der Waals surface area contributed by atoms with Crippen LogP contribution >= 0.6 is 0 Å². The summed E-state index contributed by atoms with van der Waals surface area (Å²) in [5.41, 5.74) is 0. The molecule has 3 heterocycles. The summed E-state index contributed by atoms with van der Waals surface area (Å²) >= 11 is 0. The summed E-state index contributed by atoms with van der Waals surface area (Å²) in [5.74, 6) is 1.68. The van der Waals surface area contributed by atoms with Crippen LogP contribution in [0.25, 0.3) is 0 Å². The Morgan fingerprint density at radius 3 is 2.10 bits per heavy atom. The molecule has 8 nitrogen and oxygen atoms in total. The standard InChI is InChI=1S/C20H30N6O2S/c1-16(2)26(17(3)4)29(27,28)18-8-9-19(21-15-18)24-11-6-12-25(14-13-24)20-7-5-10-22-23-20/h5,7-10,15-17H,6,11-14H2,1-4H3. The lowest BCUT2D eigenvalue weighted by molar-refractivity contribution is 0.302. The Kier molecular flexibility index (Phi) is 6.69. The lowest BCUT2D eigenvalue weighted by atomic mass is 10.3. The molecule has 1 aliphatic rings. The summed E-state index contributed by atoms with van der Waals surface area (Å²) in [7, 11) is -3.57. The molecule has 0 amide bonds. The number of hydrogen-bond donors (Lipinski definition) is 0. The quantitative estimate of drug-likeness (QED) is 0.712. The summed E-state index contributed by atoms with van der Waals surface area (Å²) in [4.78, 5) is 9.13. The first-order chi connectivity index (χ1) is 13.8. The maximum atomic E-state index is 13.0. The summed E-state index contributed by atoms with van der Waals surface area (Å²) in [6.07, 6.45) is 4.12. The summed E-state index contributed by atoms with van der Waals surface area (Å²) in [5, 5.41) is 8.16. The molecule has 9 heteroatoms. The molecule has 0 atom stereocenters. The van der Waals surface area contributed by atoms with Crippen molar-refractivity contribution >= 4 is 21.7 Å². The van der Waals surface area contributed by atoms with Gasteiger partial charge in [-0.15, -0.1) is 5.10 Å². The molecule has 158 valence electrons. The van der Waals surface area contributed by atoms with Gasteiger partial charge in [-0.2, -0.15) is 9.40 Å². The molecule has 0 aliphatic carbocycles. The molecule has 2 aromatic rings. The lowest BCUT2D eigenvalue weighted by Crippen LogP contribution is -2.42. The molecule has 2 aromatic heterocycles. The molecular weight excluding hydrogens is 388 g/mol. The first-order valence-corrected chi connectivity index (χ1v) is 11.5. The number of rotatable bonds is 6. The van der Waals surface area contributed by atoms with Crippen molar-refractivity contribution in [2.45, 2.75) is 51.1 Å². The second kappa shape index (κ2) is 9.04. The average Bonchev–Trinajstić information content (AvgIpc) is 2.94. The van der Waals surface area contributed by atoms with Crippen LogP contribution in [-0.2, 0) is 10.0 Å². The molecule has 3 rings (SSSR count). The van der Waals surface area contributed by atoms with Crippen molar-refractivity contribution in [1.29, 1.82) is 0 Å². The van der Waals surface area contributed by atoms with Gasteiger partial charge in [-0.1, -0.05) is 0 Å². The van der Waals surface area contributed by atoms with Gasteiger partial charge in [0.25, 0.3) is 0 Å². The fourth-order valence-corrected chi connectivity index (χ4v) is 5.60. The second-order valence-electron chi connectivity index (χ2n) is 7.78. The van der Waals surface area contributed by atoms with Crippen molar-refractivity contribution < 1.29 is 8.42 Å². The van der Waals surface area contributed by atoms with Gasteiger partial charge in [0.05, 0.1) is 0 Å². The van der Waals surface area contributed by atoms with E-state index in [9.17, 15) is 8.42 Å². The van der Waals surface area contributed by atoms with Crippen molar-refractivity contribution in [3.05, 3.63) is 36.7 Å². The van der Waals surface area contributed by atoms with Gasteiger partial charge >= 0.3 is 0 Å². The predicted octanol–water partition coefficient (Wildman–Crippen LogP) is 2.40. The summed E-state index contributed by atoms with van der Waals surface area (Å²) in [6.45, 7) is 10.9. The molecular formula is C20H30N6O2S. The van der Waals surface area contributed by atoms with E-state index in [2.05, 4.69) is 25.0 Å². The predicted molar refractivity (Wildman–Crippen MR) is 115 cm³/mol. The minimum absolute atomic E-state index is 0.114. The van der Waals surface area contributed by atoms with Crippen LogP contribution in [0.15, 0.2) is 41.6 Å². The molecule has 0 saturated carbocycles. The highest BCUT2D eigenvalue weighted by Gasteiger charge is 2.30. The Morgan fingerprint density at radius 2 is 1.59 bits per heavy atom. The Morgan fingerprint density at radius 1 is 0.931 bits per heavy atom. The maximum Gasteiger partial charge on any atom is 0.245 e. The van der Waals surface area contributed by atoms with E-state index >= 15 is 0 Å². The van der Waals surface area contributed by atoms with E-state index in [1.54, 1.807) is 12.3 Å². The van der Waals surface area contributed by atoms with E-state index in [1.807, 2.05) is 45.9 Å². The zero-order valence-corrected chi connectivity index (χ0v) is 18.4. The van der Waals surface area contributed by atoms with E-state index in [0.717, 1.165) is 44.2 Å². The van der Waals surface area contributed by atoms with Crippen LogP contribution in [-0.4, -0.2) is 66.2 Å². The summed E-state index contributed by atoms with van der Waals surface area (Å²) in [6, 6.07) is 7.11. The summed E-state index contributed by atoms with van der Waals surface area (Å²) < 4.78 is 27.5. The molecule has 0 unspecified atom stereocenters. The Hall–Kier alpha value is -2.26. The molecule has 0 N–H and O–H groups in total. The molecule has 29 heavy (non-hydrogen) atoms. The van der Waals surface area contributed by atoms with E-state index in [1.165, 1.54) is 10.5 Å². The fourth-order valence-electron chi connectivity index (χ4n) is 3.82. The molecule has 0 aromatic carbocycles. The van der Waals surface area contributed by atoms with Gasteiger partial charge in [-0.3, -0.25) is 0 Å². The zero-order chi connectivity index (χ0) is 21.0. The molecule has 1 aliphatic heterocycles. The van der Waals surface area contributed by atoms with E-state index in [-0.39, 0.29) is 17.0 Å². The molecule has 1 fully saturated rings. The lowest BCUT2D eigenvalue weighted by Gasteiger charge is -2.29. The third-order valence-corrected chi connectivity index (χ3v) is 7.25. The second-order valence-corrected chi connectivity index (χ2v) is 9.63. The monoisotopic (exact) mass is 418 g/mol. The van der Waals surface area contributed by atoms with Crippen LogP contribution in [0.1, 0.15) is 34.1 Å². The molecule has 0 spiro atoms. The first kappa shape index (κ1) is 21.4. The Bertz CT molecular complexity index is 879. The van der Waals surface area contributed by atoms with E-state index in [4.69, 9.17) is 0 Å². The third kappa shape index (κ3) is 4.84. The minimum atomic E-state index is -3.57. The van der Waals surface area contributed by atoms with Crippen molar-refractivity contribution in [3.8, 4) is 0 Å². The highest BCUT2D eigenvalue weighted by Crippen LogP contribution is 2.23. The number of anilines is 2. The van der Waals surface area contributed by atoms with Crippen LogP contribution in [0.3, 0.4) is 0 Å². The SMILES string of the molecule is CC(C)N(C(C)C)S(=O)(=O)c1ccc(N2CCCN(c3cccnn3)CC2)nc1. The highest BCUT2D eigenvalue weighted by molar-refractivity contribution is 7.89. The van der Waals surface area contributed by atoms with Crippen molar-refractivity contribution in [1.82, 2.24) is 19.5 Å². The van der Waals surface area contributed by atoms with E-state index < -0.39 is 10.0 Å². The first-order valence-electron chi connectivity index (χ1n) is 10.1. The van der Waals surface area contributed by atoms with Crippen molar-refractivity contribution in [2.75, 3.05) is 36.0 Å². The smallest absolute Gasteiger partial charge is 0.245 e. The van der Waals surface area contributed by atoms with Gasteiger partial charge in [-0.25, -0.2) is 13.4 Å². The van der Waals surface area contributed by atoms with Crippen molar-refractivity contribution in [3.63, 3.8) is 0 Å². The molecule has 1 saturated heterocycles. The molecule has 0 radical (unpaired) electrons. The number of pyridine rings is 1. The number of aromatic nitrogens is 3. The largest absolute Gasteiger partial charge is 0.355 e. The van der Waals surface area contributed by atoms with Crippen molar-refractivity contribution in [2.24, 2.45) is 0 Å². The molecule has 0 bridgehead atoms. The average molecular weight is 419 g/mol. The van der Waals surface area contributed by atoms with Gasteiger partial charge in [0.2, 0.25) is 10.0 Å². The number of hydrogen-bond acceptors (Lipinski definition) is 7. The van der Waals surface area contributed by atoms with Crippen LogP contribution in [0.5, 0.6) is 0 Å². The fraction of sp³-hybridized carbons (Fsp3) is 0.550. The topological polar surface area (TPSA) is 82.5 Å². The Balaban J connectivity index is 1.73. The third-order valence-electron chi connectivity index (χ3n) is 5.02. The number of nitrogens with zero attached hydrogens (tertiary/aromatic N) is 6.